The van der Waals surface area contributed by atoms with Gasteiger partial charge in [0.2, 0.25) is 0 Å². The van der Waals surface area contributed by atoms with Gasteiger partial charge in [0.25, 0.3) is 0 Å². The third-order valence-electron chi connectivity index (χ3n) is 2.95. The second-order valence-electron chi connectivity index (χ2n) is 4.32. The summed E-state index contributed by atoms with van der Waals surface area (Å²) >= 11 is 0. The SMILES string of the molecule is COC/C=C/Cn1cc(-c2ccccc2)cc1C. The molecule has 0 N–H and O–H groups in total. The van der Waals surface area contributed by atoms with Crippen LogP contribution in [0.2, 0.25) is 0 Å². The molecule has 0 saturated carbocycles. The third-order valence-corrected chi connectivity index (χ3v) is 2.95. The zero-order chi connectivity index (χ0) is 12.8. The zero-order valence-electron chi connectivity index (χ0n) is 11.0. The average molecular weight is 241 g/mol. The summed E-state index contributed by atoms with van der Waals surface area (Å²) < 4.78 is 7.23. The van der Waals surface area contributed by atoms with E-state index in [1.165, 1.54) is 16.8 Å². The van der Waals surface area contributed by atoms with E-state index in [9.17, 15) is 0 Å². The van der Waals surface area contributed by atoms with E-state index >= 15 is 0 Å². The lowest BCUT2D eigenvalue weighted by Crippen LogP contribution is -1.95. The molecule has 0 unspecified atom stereocenters. The maximum absolute atomic E-state index is 4.99. The van der Waals surface area contributed by atoms with E-state index in [1.807, 2.05) is 12.1 Å². The molecule has 2 nitrogen and oxygen atoms in total. The number of allylic oxidation sites excluding steroid dienone is 1. The number of ether oxygens (including phenoxy) is 1. The van der Waals surface area contributed by atoms with Crippen LogP contribution < -0.4 is 0 Å². The Balaban J connectivity index is 2.12. The summed E-state index contributed by atoms with van der Waals surface area (Å²) in [6.07, 6.45) is 6.37. The summed E-state index contributed by atoms with van der Waals surface area (Å²) in [6, 6.07) is 12.7. The van der Waals surface area contributed by atoms with E-state index in [4.69, 9.17) is 4.74 Å². The summed E-state index contributed by atoms with van der Waals surface area (Å²) in [5, 5.41) is 0. The second kappa shape index (κ2) is 6.22. The number of hydrogen-bond donors (Lipinski definition) is 0. The molecule has 1 heterocycles. The normalized spacial score (nSPS) is 11.2. The van der Waals surface area contributed by atoms with Gasteiger partial charge in [-0.05, 0) is 24.1 Å². The molecule has 2 rings (SSSR count). The number of methoxy groups -OCH3 is 1. The molecule has 0 aliphatic carbocycles. The molecular weight excluding hydrogens is 222 g/mol. The summed E-state index contributed by atoms with van der Waals surface area (Å²) in [5.74, 6) is 0. The van der Waals surface area contributed by atoms with Gasteiger partial charge in [0.15, 0.2) is 0 Å². The summed E-state index contributed by atoms with van der Waals surface area (Å²) in [7, 11) is 1.71. The van der Waals surface area contributed by atoms with Crippen molar-refractivity contribution in [2.45, 2.75) is 13.5 Å². The number of aryl methyl sites for hydroxylation is 1. The lowest BCUT2D eigenvalue weighted by Gasteiger charge is -2.00. The van der Waals surface area contributed by atoms with E-state index in [1.54, 1.807) is 7.11 Å². The molecule has 0 saturated heterocycles. The van der Waals surface area contributed by atoms with Gasteiger partial charge in [-0.1, -0.05) is 42.5 Å². The van der Waals surface area contributed by atoms with Gasteiger partial charge in [-0.2, -0.15) is 0 Å². The highest BCUT2D eigenvalue weighted by molar-refractivity contribution is 5.63. The fraction of sp³-hybridized carbons (Fsp3) is 0.250. The van der Waals surface area contributed by atoms with Crippen LogP contribution in [0.25, 0.3) is 11.1 Å². The molecular formula is C16H19NO. The summed E-state index contributed by atoms with van der Waals surface area (Å²) in [5.41, 5.74) is 3.81. The molecule has 0 aliphatic rings. The van der Waals surface area contributed by atoms with Crippen LogP contribution in [0.5, 0.6) is 0 Å². The molecule has 0 radical (unpaired) electrons. The van der Waals surface area contributed by atoms with Crippen molar-refractivity contribution in [3.8, 4) is 11.1 Å². The van der Waals surface area contributed by atoms with E-state index < -0.39 is 0 Å². The number of hydrogen-bond acceptors (Lipinski definition) is 1. The minimum atomic E-state index is 0.672. The fourth-order valence-electron chi connectivity index (χ4n) is 1.95. The molecule has 1 aromatic heterocycles. The van der Waals surface area contributed by atoms with Crippen LogP contribution in [-0.2, 0) is 11.3 Å². The Morgan fingerprint density at radius 1 is 1.11 bits per heavy atom. The van der Waals surface area contributed by atoms with Crippen molar-refractivity contribution in [1.29, 1.82) is 0 Å². The van der Waals surface area contributed by atoms with Crippen LogP contribution in [0.3, 0.4) is 0 Å². The van der Waals surface area contributed by atoms with Gasteiger partial charge in [0, 0.05) is 25.5 Å². The highest BCUT2D eigenvalue weighted by Gasteiger charge is 2.02. The number of aromatic nitrogens is 1. The lowest BCUT2D eigenvalue weighted by atomic mass is 10.1. The standard InChI is InChI=1S/C16H19NO/c1-14-12-16(15-8-4-3-5-9-15)13-17(14)10-6-7-11-18-2/h3-9,12-13H,10-11H2,1-2H3/b7-6+. The minimum Gasteiger partial charge on any atom is -0.381 e. The lowest BCUT2D eigenvalue weighted by molar-refractivity contribution is 0.233. The summed E-state index contributed by atoms with van der Waals surface area (Å²) in [6.45, 7) is 3.70. The summed E-state index contributed by atoms with van der Waals surface area (Å²) in [4.78, 5) is 0. The molecule has 0 atom stereocenters. The molecule has 0 bridgehead atoms. The molecule has 94 valence electrons. The van der Waals surface area contributed by atoms with Crippen molar-refractivity contribution < 1.29 is 4.74 Å². The first kappa shape index (κ1) is 12.7. The quantitative estimate of drug-likeness (QED) is 0.729. The van der Waals surface area contributed by atoms with E-state index in [2.05, 4.69) is 54.1 Å². The van der Waals surface area contributed by atoms with Gasteiger partial charge in [-0.3, -0.25) is 0 Å². The Bertz CT molecular complexity index is 511. The molecule has 2 heteroatoms. The Morgan fingerprint density at radius 2 is 1.89 bits per heavy atom. The largest absolute Gasteiger partial charge is 0.381 e. The van der Waals surface area contributed by atoms with Crippen molar-refractivity contribution in [2.24, 2.45) is 0 Å². The number of nitrogens with zero attached hydrogens (tertiary/aromatic N) is 1. The Morgan fingerprint density at radius 3 is 2.61 bits per heavy atom. The van der Waals surface area contributed by atoms with Crippen LogP contribution in [0.4, 0.5) is 0 Å². The second-order valence-corrected chi connectivity index (χ2v) is 4.32. The number of benzene rings is 1. The van der Waals surface area contributed by atoms with Crippen LogP contribution in [0, 0.1) is 6.92 Å². The zero-order valence-corrected chi connectivity index (χ0v) is 11.0. The highest BCUT2D eigenvalue weighted by atomic mass is 16.5. The first-order valence-corrected chi connectivity index (χ1v) is 6.17. The molecule has 0 fully saturated rings. The van der Waals surface area contributed by atoms with E-state index in [0.29, 0.717) is 6.61 Å². The predicted octanol–water partition coefficient (Wildman–Crippen LogP) is 3.67. The fourth-order valence-corrected chi connectivity index (χ4v) is 1.95. The third kappa shape index (κ3) is 3.11. The van der Waals surface area contributed by atoms with Crippen molar-refractivity contribution >= 4 is 0 Å². The van der Waals surface area contributed by atoms with Crippen molar-refractivity contribution in [1.82, 2.24) is 4.57 Å². The van der Waals surface area contributed by atoms with Gasteiger partial charge in [-0.25, -0.2) is 0 Å². The molecule has 0 spiro atoms. The Kier molecular flexibility index (Phi) is 4.37. The van der Waals surface area contributed by atoms with Gasteiger partial charge in [0.05, 0.1) is 6.61 Å². The molecule has 0 amide bonds. The molecule has 1 aromatic carbocycles. The maximum atomic E-state index is 4.99. The first-order valence-electron chi connectivity index (χ1n) is 6.17. The van der Waals surface area contributed by atoms with Gasteiger partial charge >= 0.3 is 0 Å². The topological polar surface area (TPSA) is 14.2 Å². The highest BCUT2D eigenvalue weighted by Crippen LogP contribution is 2.21. The number of rotatable bonds is 5. The molecule has 2 aromatic rings. The van der Waals surface area contributed by atoms with E-state index in [0.717, 1.165) is 6.54 Å². The van der Waals surface area contributed by atoms with Crippen molar-refractivity contribution in [2.75, 3.05) is 13.7 Å². The Labute approximate surface area is 109 Å². The minimum absolute atomic E-state index is 0.672. The van der Waals surface area contributed by atoms with Gasteiger partial charge in [-0.15, -0.1) is 0 Å². The van der Waals surface area contributed by atoms with Gasteiger partial charge < -0.3 is 9.30 Å². The molecule has 0 aliphatic heterocycles. The average Bonchev–Trinajstić information content (AvgIpc) is 2.77. The van der Waals surface area contributed by atoms with Crippen LogP contribution >= 0.6 is 0 Å². The maximum Gasteiger partial charge on any atom is 0.0644 e. The first-order chi connectivity index (χ1) is 8.81. The van der Waals surface area contributed by atoms with Crippen molar-refractivity contribution in [3.63, 3.8) is 0 Å². The van der Waals surface area contributed by atoms with Crippen LogP contribution in [0.15, 0.2) is 54.7 Å². The van der Waals surface area contributed by atoms with E-state index in [-0.39, 0.29) is 0 Å². The van der Waals surface area contributed by atoms with Crippen LogP contribution in [0.1, 0.15) is 5.69 Å². The monoisotopic (exact) mass is 241 g/mol. The van der Waals surface area contributed by atoms with Crippen LogP contribution in [-0.4, -0.2) is 18.3 Å². The smallest absolute Gasteiger partial charge is 0.0644 e. The molecule has 18 heavy (non-hydrogen) atoms. The Hall–Kier alpha value is -1.80. The van der Waals surface area contributed by atoms with Crippen molar-refractivity contribution in [3.05, 3.63) is 60.4 Å². The predicted molar refractivity (Wildman–Crippen MR) is 75.6 cm³/mol. The van der Waals surface area contributed by atoms with Gasteiger partial charge in [0.1, 0.15) is 0 Å².